The van der Waals surface area contributed by atoms with Crippen LogP contribution >= 0.6 is 23.5 Å². The largest absolute Gasteiger partial charge is 0.306 e. The number of hydrogen-bond donors (Lipinski definition) is 0. The van der Waals surface area contributed by atoms with Gasteiger partial charge in [-0.3, -0.25) is 0 Å². The van der Waals surface area contributed by atoms with Crippen LogP contribution in [0.3, 0.4) is 0 Å². The summed E-state index contributed by atoms with van der Waals surface area (Å²) in [5, 5.41) is 0. The Morgan fingerprint density at radius 2 is 1.43 bits per heavy atom. The number of nitrogens with zero attached hydrogens (tertiary/aromatic N) is 1. The van der Waals surface area contributed by atoms with Crippen LogP contribution in [-0.2, 0) is 0 Å². The van der Waals surface area contributed by atoms with Crippen LogP contribution in [-0.4, -0.2) is 0 Å². The molecule has 2 heterocycles. The van der Waals surface area contributed by atoms with Crippen molar-refractivity contribution in [1.82, 2.24) is 0 Å². The Balaban J connectivity index is 1.41. The Hall–Kier alpha value is -2.10. The highest BCUT2D eigenvalue weighted by molar-refractivity contribution is 8.00. The predicted molar refractivity (Wildman–Crippen MR) is 127 cm³/mol. The third kappa shape index (κ3) is 2.45. The second-order valence-corrected chi connectivity index (χ2v) is 11.4. The molecule has 0 spiro atoms. The highest BCUT2D eigenvalue weighted by atomic mass is 32.2. The predicted octanol–water partition coefficient (Wildman–Crippen LogP) is 8.38. The van der Waals surface area contributed by atoms with Gasteiger partial charge in [0.15, 0.2) is 0 Å². The molecule has 30 heavy (non-hydrogen) atoms. The van der Waals surface area contributed by atoms with Crippen molar-refractivity contribution in [3.8, 4) is 0 Å². The molecule has 3 unspecified atom stereocenters. The summed E-state index contributed by atoms with van der Waals surface area (Å²) in [6, 6.07) is 18.9. The van der Waals surface area contributed by atoms with Gasteiger partial charge in [0, 0.05) is 19.6 Å². The van der Waals surface area contributed by atoms with Crippen molar-refractivity contribution in [1.29, 1.82) is 0 Å². The lowest BCUT2D eigenvalue weighted by Crippen LogP contribution is -2.19. The van der Waals surface area contributed by atoms with E-state index in [-0.39, 0.29) is 0 Å². The van der Waals surface area contributed by atoms with Crippen molar-refractivity contribution >= 4 is 40.6 Å². The third-order valence-corrected chi connectivity index (χ3v) is 9.29. The van der Waals surface area contributed by atoms with E-state index in [4.69, 9.17) is 0 Å². The topological polar surface area (TPSA) is 3.24 Å². The highest BCUT2D eigenvalue weighted by Crippen LogP contribution is 2.61. The second kappa shape index (κ2) is 6.21. The number of anilines is 3. The average molecular weight is 426 g/mol. The fourth-order valence-corrected chi connectivity index (χ4v) is 8.37. The lowest BCUT2D eigenvalue weighted by atomic mass is 9.87. The van der Waals surface area contributed by atoms with Gasteiger partial charge in [-0.1, -0.05) is 47.8 Å². The number of benzene rings is 3. The molecule has 0 aromatic heterocycles. The zero-order chi connectivity index (χ0) is 20.0. The molecule has 0 saturated heterocycles. The Bertz CT molecular complexity index is 1260. The van der Waals surface area contributed by atoms with Crippen LogP contribution < -0.4 is 4.90 Å². The molecule has 2 aliphatic heterocycles. The lowest BCUT2D eigenvalue weighted by Gasteiger charge is -2.39. The number of aryl methyl sites for hydroxylation is 2. The van der Waals surface area contributed by atoms with Gasteiger partial charge < -0.3 is 4.90 Å². The first kappa shape index (κ1) is 17.6. The molecule has 4 aliphatic rings. The summed E-state index contributed by atoms with van der Waals surface area (Å²) in [6.07, 6.45) is 7.60. The van der Waals surface area contributed by atoms with Crippen molar-refractivity contribution in [3.63, 3.8) is 0 Å². The molecule has 3 heteroatoms. The quantitative estimate of drug-likeness (QED) is 0.248. The smallest absolute Gasteiger partial charge is 0.0741 e. The Kier molecular flexibility index (Phi) is 3.64. The van der Waals surface area contributed by atoms with E-state index in [1.165, 1.54) is 66.2 Å². The van der Waals surface area contributed by atoms with E-state index >= 15 is 0 Å². The summed E-state index contributed by atoms with van der Waals surface area (Å²) < 4.78 is 0. The van der Waals surface area contributed by atoms with Crippen molar-refractivity contribution in [2.45, 2.75) is 52.2 Å². The number of fused-ring (bicyclic) bond motifs is 6. The molecular formula is C27H23NS2. The van der Waals surface area contributed by atoms with E-state index in [1.807, 2.05) is 23.5 Å². The Labute approximate surface area is 186 Å². The van der Waals surface area contributed by atoms with E-state index in [2.05, 4.69) is 79.4 Å². The molecule has 1 nitrogen and oxygen atoms in total. The number of hydrogen-bond acceptors (Lipinski definition) is 3. The second-order valence-electron chi connectivity index (χ2n) is 9.23. The van der Waals surface area contributed by atoms with Crippen LogP contribution in [0.25, 0.3) is 0 Å². The normalized spacial score (nSPS) is 24.6. The van der Waals surface area contributed by atoms with Crippen molar-refractivity contribution in [2.75, 3.05) is 4.90 Å². The fraction of sp³-hybridized carbons (Fsp3) is 0.259. The van der Waals surface area contributed by atoms with Crippen LogP contribution in [0.15, 0.2) is 80.3 Å². The van der Waals surface area contributed by atoms with E-state index in [1.54, 1.807) is 0 Å². The molecule has 0 amide bonds. The van der Waals surface area contributed by atoms with Crippen molar-refractivity contribution in [2.24, 2.45) is 11.8 Å². The molecule has 3 aromatic rings. The van der Waals surface area contributed by atoms with E-state index in [0.29, 0.717) is 5.92 Å². The van der Waals surface area contributed by atoms with Gasteiger partial charge >= 0.3 is 0 Å². The van der Waals surface area contributed by atoms with Crippen molar-refractivity contribution in [3.05, 3.63) is 77.4 Å². The van der Waals surface area contributed by atoms with Crippen LogP contribution in [0.1, 0.15) is 35.4 Å². The summed E-state index contributed by atoms with van der Waals surface area (Å²) in [6.45, 7) is 4.41. The first-order valence-corrected chi connectivity index (χ1v) is 12.5. The molecule has 1 fully saturated rings. The van der Waals surface area contributed by atoms with Crippen LogP contribution in [0, 0.1) is 25.7 Å². The first-order chi connectivity index (χ1) is 14.6. The maximum atomic E-state index is 2.52. The molecule has 3 atom stereocenters. The van der Waals surface area contributed by atoms with Crippen LogP contribution in [0.4, 0.5) is 17.1 Å². The van der Waals surface area contributed by atoms with E-state index in [0.717, 1.165) is 11.8 Å². The molecule has 1 saturated carbocycles. The maximum Gasteiger partial charge on any atom is 0.0741 e. The van der Waals surface area contributed by atoms with Crippen LogP contribution in [0.2, 0.25) is 0 Å². The Morgan fingerprint density at radius 1 is 0.733 bits per heavy atom. The summed E-state index contributed by atoms with van der Waals surface area (Å²) in [5.41, 5.74) is 8.23. The molecular weight excluding hydrogens is 402 g/mol. The molecule has 3 aromatic carbocycles. The summed E-state index contributed by atoms with van der Waals surface area (Å²) in [5.74, 6) is 2.26. The van der Waals surface area contributed by atoms with Crippen LogP contribution in [0.5, 0.6) is 0 Å². The monoisotopic (exact) mass is 425 g/mol. The molecule has 2 aliphatic carbocycles. The fourth-order valence-electron chi connectivity index (χ4n) is 5.78. The van der Waals surface area contributed by atoms with Gasteiger partial charge in [0.25, 0.3) is 0 Å². The minimum atomic E-state index is 0.701. The van der Waals surface area contributed by atoms with Gasteiger partial charge in [-0.2, -0.15) is 0 Å². The van der Waals surface area contributed by atoms with Gasteiger partial charge in [0.2, 0.25) is 0 Å². The zero-order valence-electron chi connectivity index (χ0n) is 17.2. The van der Waals surface area contributed by atoms with Gasteiger partial charge in [0.1, 0.15) is 0 Å². The minimum Gasteiger partial charge on any atom is -0.306 e. The summed E-state index contributed by atoms with van der Waals surface area (Å²) >= 11 is 3.88. The van der Waals surface area contributed by atoms with Crippen molar-refractivity contribution < 1.29 is 0 Å². The SMILES string of the molecule is Cc1ccc2c(c1)Sc1cc(C)cc3c1N2c1ccc(C2CC4C=CC2C4)cc1S3. The van der Waals surface area contributed by atoms with Gasteiger partial charge in [-0.15, -0.1) is 0 Å². The third-order valence-electron chi connectivity index (χ3n) is 7.14. The molecule has 2 bridgehead atoms. The molecule has 0 radical (unpaired) electrons. The first-order valence-electron chi connectivity index (χ1n) is 10.9. The average Bonchev–Trinajstić information content (AvgIpc) is 3.36. The standard InChI is InChI=1S/C27H23NS2/c1-15-3-7-21-23(9-15)29-25-10-16(2)11-26-27(25)28(21)22-8-6-19(14-24(22)30-26)20-13-17-4-5-18(20)12-17/h3-11,14,17-18,20H,12-13H2,1-2H3. The van der Waals surface area contributed by atoms with E-state index < -0.39 is 0 Å². The Morgan fingerprint density at radius 3 is 2.13 bits per heavy atom. The van der Waals surface area contributed by atoms with E-state index in [9.17, 15) is 0 Å². The summed E-state index contributed by atoms with van der Waals surface area (Å²) in [4.78, 5) is 8.05. The highest BCUT2D eigenvalue weighted by Gasteiger charge is 2.38. The zero-order valence-corrected chi connectivity index (χ0v) is 18.8. The van der Waals surface area contributed by atoms with Gasteiger partial charge in [0.05, 0.1) is 17.1 Å². The number of rotatable bonds is 1. The number of allylic oxidation sites excluding steroid dienone is 2. The van der Waals surface area contributed by atoms with Gasteiger partial charge in [-0.25, -0.2) is 0 Å². The minimum absolute atomic E-state index is 0.701. The maximum absolute atomic E-state index is 2.52. The molecule has 7 rings (SSSR count). The van der Waals surface area contributed by atoms with Gasteiger partial charge in [-0.05, 0) is 97.5 Å². The molecule has 0 N–H and O–H groups in total. The molecule has 148 valence electrons. The summed E-state index contributed by atoms with van der Waals surface area (Å²) in [7, 11) is 0. The lowest BCUT2D eigenvalue weighted by molar-refractivity contribution is 0.584.